The number of hydrogen-bond acceptors (Lipinski definition) is 5. The highest BCUT2D eigenvalue weighted by atomic mass is 32.2. The summed E-state index contributed by atoms with van der Waals surface area (Å²) in [5.74, 6) is -1.33. The zero-order chi connectivity index (χ0) is 16.3. The molecule has 0 bridgehead atoms. The van der Waals surface area contributed by atoms with E-state index in [9.17, 15) is 21.6 Å². The quantitative estimate of drug-likeness (QED) is 0.648. The Hall–Kier alpha value is -0.710. The maximum atomic E-state index is 11.9. The van der Waals surface area contributed by atoms with Gasteiger partial charge in [0.15, 0.2) is 5.25 Å². The minimum atomic E-state index is -3.94. The average molecular weight is 342 g/mol. The highest BCUT2D eigenvalue weighted by Crippen LogP contribution is 2.16. The molecule has 1 atom stereocenters. The first-order chi connectivity index (χ1) is 9.60. The predicted octanol–water partition coefficient (Wildman–Crippen LogP) is -0.417. The Balaban J connectivity index is 2.60. The van der Waals surface area contributed by atoms with Gasteiger partial charge in [-0.1, -0.05) is 6.92 Å². The maximum Gasteiger partial charge on any atom is 0.323 e. The molecular weight excluding hydrogens is 320 g/mol. The van der Waals surface area contributed by atoms with Crippen molar-refractivity contribution in [3.63, 3.8) is 0 Å². The molecule has 10 heteroatoms. The monoisotopic (exact) mass is 342 g/mol. The van der Waals surface area contributed by atoms with E-state index in [4.69, 9.17) is 5.11 Å². The van der Waals surface area contributed by atoms with Crippen LogP contribution in [0.15, 0.2) is 0 Å². The van der Waals surface area contributed by atoms with E-state index < -0.39 is 37.3 Å². The largest absolute Gasteiger partial charge is 0.480 e. The summed E-state index contributed by atoms with van der Waals surface area (Å²) in [5, 5.41) is 7.22. The Morgan fingerprint density at radius 1 is 1.29 bits per heavy atom. The van der Waals surface area contributed by atoms with Crippen LogP contribution >= 0.6 is 0 Å². The van der Waals surface area contributed by atoms with Crippen molar-refractivity contribution in [3.8, 4) is 0 Å². The van der Waals surface area contributed by atoms with E-state index in [2.05, 4.69) is 4.72 Å². The van der Waals surface area contributed by atoms with Crippen LogP contribution in [-0.4, -0.2) is 62.4 Å². The molecule has 1 aliphatic heterocycles. The molecule has 21 heavy (non-hydrogen) atoms. The number of sulfonamides is 2. The SMILES string of the molecule is CCCS(=O)(=O)N1CCC(NS(=O)(=O)C(C)C(=O)O)CC1. The Morgan fingerprint density at radius 3 is 2.24 bits per heavy atom. The number of aliphatic carboxylic acids is 1. The molecule has 1 saturated heterocycles. The van der Waals surface area contributed by atoms with Crippen LogP contribution in [-0.2, 0) is 24.8 Å². The van der Waals surface area contributed by atoms with Crippen LogP contribution in [0.4, 0.5) is 0 Å². The molecule has 1 heterocycles. The molecule has 0 aromatic rings. The van der Waals surface area contributed by atoms with Crippen LogP contribution in [0.2, 0.25) is 0 Å². The normalized spacial score (nSPS) is 20.3. The topological polar surface area (TPSA) is 121 Å². The number of rotatable bonds is 7. The van der Waals surface area contributed by atoms with Crippen LogP contribution in [0, 0.1) is 0 Å². The minimum Gasteiger partial charge on any atom is -0.480 e. The van der Waals surface area contributed by atoms with Gasteiger partial charge in [0.2, 0.25) is 20.0 Å². The molecule has 0 aromatic heterocycles. The van der Waals surface area contributed by atoms with Gasteiger partial charge in [-0.05, 0) is 26.2 Å². The summed E-state index contributed by atoms with van der Waals surface area (Å²) in [6, 6.07) is -0.426. The summed E-state index contributed by atoms with van der Waals surface area (Å²) in [7, 11) is -7.21. The Labute approximate surface area is 125 Å². The lowest BCUT2D eigenvalue weighted by molar-refractivity contribution is -0.136. The van der Waals surface area contributed by atoms with Crippen molar-refractivity contribution in [2.75, 3.05) is 18.8 Å². The predicted molar refractivity (Wildman–Crippen MR) is 77.8 cm³/mol. The van der Waals surface area contributed by atoms with Gasteiger partial charge >= 0.3 is 5.97 Å². The molecule has 0 saturated carbocycles. The lowest BCUT2D eigenvalue weighted by atomic mass is 10.1. The fourth-order valence-electron chi connectivity index (χ4n) is 2.11. The zero-order valence-electron chi connectivity index (χ0n) is 12.1. The van der Waals surface area contributed by atoms with E-state index in [1.54, 1.807) is 6.92 Å². The second-order valence-corrected chi connectivity index (χ2v) is 9.25. The van der Waals surface area contributed by atoms with Crippen LogP contribution in [0.3, 0.4) is 0 Å². The van der Waals surface area contributed by atoms with Gasteiger partial charge in [-0.2, -0.15) is 0 Å². The molecule has 1 fully saturated rings. The average Bonchev–Trinajstić information content (AvgIpc) is 2.37. The van der Waals surface area contributed by atoms with E-state index in [0.29, 0.717) is 19.3 Å². The highest BCUT2D eigenvalue weighted by molar-refractivity contribution is 7.90. The smallest absolute Gasteiger partial charge is 0.323 e. The van der Waals surface area contributed by atoms with Gasteiger partial charge < -0.3 is 5.11 Å². The van der Waals surface area contributed by atoms with Gasteiger partial charge in [0.05, 0.1) is 5.75 Å². The number of carboxylic acids is 1. The molecule has 0 aliphatic carbocycles. The number of nitrogens with one attached hydrogen (secondary N) is 1. The summed E-state index contributed by atoms with van der Waals surface area (Å²) in [6.45, 7) is 3.38. The zero-order valence-corrected chi connectivity index (χ0v) is 13.8. The second kappa shape index (κ2) is 7.03. The number of nitrogens with zero attached hydrogens (tertiary/aromatic N) is 1. The molecule has 124 valence electrons. The molecule has 0 amide bonds. The van der Waals surface area contributed by atoms with Crippen LogP contribution in [0.5, 0.6) is 0 Å². The minimum absolute atomic E-state index is 0.0828. The van der Waals surface area contributed by atoms with E-state index >= 15 is 0 Å². The fraction of sp³-hybridized carbons (Fsp3) is 0.909. The molecular formula is C11H22N2O6S2. The molecule has 0 radical (unpaired) electrons. The third-order valence-corrected chi connectivity index (χ3v) is 7.32. The lowest BCUT2D eigenvalue weighted by Crippen LogP contribution is -2.49. The first-order valence-corrected chi connectivity index (χ1v) is 9.97. The molecule has 1 unspecified atom stereocenters. The van der Waals surface area contributed by atoms with E-state index in [1.807, 2.05) is 0 Å². The van der Waals surface area contributed by atoms with Gasteiger partial charge in [-0.15, -0.1) is 0 Å². The summed E-state index contributed by atoms with van der Waals surface area (Å²) < 4.78 is 51.1. The molecule has 1 aliphatic rings. The van der Waals surface area contributed by atoms with Crippen LogP contribution in [0.1, 0.15) is 33.1 Å². The standard InChI is InChI=1S/C11H22N2O6S2/c1-3-8-20(16,17)13-6-4-10(5-7-13)12-21(18,19)9(2)11(14)15/h9-10,12H,3-8H2,1-2H3,(H,14,15). The molecule has 1 rings (SSSR count). The summed E-state index contributed by atoms with van der Waals surface area (Å²) in [4.78, 5) is 10.7. The van der Waals surface area contributed by atoms with Crippen molar-refractivity contribution in [2.24, 2.45) is 0 Å². The summed E-state index contributed by atoms with van der Waals surface area (Å²) in [6.07, 6.45) is 1.22. The van der Waals surface area contributed by atoms with E-state index in [0.717, 1.165) is 6.92 Å². The van der Waals surface area contributed by atoms with E-state index in [-0.39, 0.29) is 18.8 Å². The van der Waals surface area contributed by atoms with Gasteiger partial charge in [0.25, 0.3) is 0 Å². The number of piperidine rings is 1. The first kappa shape index (κ1) is 18.3. The maximum absolute atomic E-state index is 11.9. The molecule has 8 nitrogen and oxygen atoms in total. The Bertz CT molecular complexity index is 564. The Kier molecular flexibility index (Phi) is 6.14. The molecule has 0 spiro atoms. The van der Waals surface area contributed by atoms with Crippen molar-refractivity contribution >= 4 is 26.0 Å². The number of hydrogen-bond donors (Lipinski definition) is 2. The first-order valence-electron chi connectivity index (χ1n) is 6.82. The third kappa shape index (κ3) is 4.90. The van der Waals surface area contributed by atoms with Crippen molar-refractivity contribution in [2.45, 2.75) is 44.4 Å². The van der Waals surface area contributed by atoms with Crippen molar-refractivity contribution in [1.82, 2.24) is 9.03 Å². The molecule has 0 aromatic carbocycles. The second-order valence-electron chi connectivity index (χ2n) is 5.13. The summed E-state index contributed by atoms with van der Waals surface area (Å²) >= 11 is 0. The fourth-order valence-corrected chi connectivity index (χ4v) is 4.82. The molecule has 2 N–H and O–H groups in total. The van der Waals surface area contributed by atoms with E-state index in [1.165, 1.54) is 4.31 Å². The van der Waals surface area contributed by atoms with Gasteiger partial charge in [0, 0.05) is 19.1 Å². The third-order valence-electron chi connectivity index (χ3n) is 3.45. The van der Waals surface area contributed by atoms with Crippen LogP contribution in [0.25, 0.3) is 0 Å². The summed E-state index contributed by atoms with van der Waals surface area (Å²) in [5.41, 5.74) is 0. The lowest BCUT2D eigenvalue weighted by Gasteiger charge is -2.31. The van der Waals surface area contributed by atoms with Crippen molar-refractivity contribution in [1.29, 1.82) is 0 Å². The number of carbonyl (C=O) groups is 1. The van der Waals surface area contributed by atoms with Crippen molar-refractivity contribution < 1.29 is 26.7 Å². The van der Waals surface area contributed by atoms with Crippen LogP contribution < -0.4 is 4.72 Å². The Morgan fingerprint density at radius 2 is 1.81 bits per heavy atom. The van der Waals surface area contributed by atoms with Gasteiger partial charge in [-0.3, -0.25) is 4.79 Å². The highest BCUT2D eigenvalue weighted by Gasteiger charge is 2.33. The van der Waals surface area contributed by atoms with Crippen molar-refractivity contribution in [3.05, 3.63) is 0 Å². The number of carboxylic acid groups (broad SMARTS) is 1. The van der Waals surface area contributed by atoms with Gasteiger partial charge in [0.1, 0.15) is 0 Å². The van der Waals surface area contributed by atoms with Gasteiger partial charge in [-0.25, -0.2) is 25.9 Å².